The molecule has 2 N–H and O–H groups in total. The van der Waals surface area contributed by atoms with Gasteiger partial charge in [0.1, 0.15) is 5.75 Å². The van der Waals surface area contributed by atoms with E-state index in [-0.39, 0.29) is 12.6 Å². The Morgan fingerprint density at radius 3 is 2.68 bits per heavy atom. The molecule has 0 radical (unpaired) electrons. The first-order valence-corrected chi connectivity index (χ1v) is 9.32. The number of nitrogens with two attached hydrogens (primary N) is 1. The number of hydrogen-bond acceptors (Lipinski definition) is 6. The lowest BCUT2D eigenvalue weighted by Crippen LogP contribution is -2.05. The molecule has 0 fully saturated rings. The van der Waals surface area contributed by atoms with E-state index in [1.54, 1.807) is 25.3 Å². The van der Waals surface area contributed by atoms with Gasteiger partial charge in [-0.05, 0) is 55.3 Å². The van der Waals surface area contributed by atoms with Gasteiger partial charge in [-0.15, -0.1) is 0 Å². The number of carbonyl (C=O) groups excluding carboxylic acids is 1. The van der Waals surface area contributed by atoms with Crippen LogP contribution in [0, 0.1) is 0 Å². The monoisotopic (exact) mass is 383 g/mol. The van der Waals surface area contributed by atoms with Gasteiger partial charge in [-0.3, -0.25) is 4.79 Å². The quantitative estimate of drug-likeness (QED) is 0.411. The van der Waals surface area contributed by atoms with E-state index in [1.807, 2.05) is 32.1 Å². The zero-order chi connectivity index (χ0) is 20.1. The van der Waals surface area contributed by atoms with E-state index in [0.717, 1.165) is 12.0 Å². The fraction of sp³-hybridized carbons (Fsp3) is 0.318. The van der Waals surface area contributed by atoms with Crippen LogP contribution in [0.25, 0.3) is 6.08 Å². The molecular weight excluding hydrogens is 358 g/mol. The lowest BCUT2D eigenvalue weighted by Gasteiger charge is -2.11. The highest BCUT2D eigenvalue weighted by molar-refractivity contribution is 6.11. The standard InChI is InChI=1S/C22H25NO5/c1-4-6-15(21(24)16-7-8-18(26-5-2)17(23)12-16)9-14-10-19(25-3)22-20(11-14)27-13-28-22/h7-12H,4-6,13,23H2,1-3H3. The normalized spacial score (nSPS) is 12.8. The summed E-state index contributed by atoms with van der Waals surface area (Å²) >= 11 is 0. The highest BCUT2D eigenvalue weighted by Gasteiger charge is 2.20. The molecule has 0 spiro atoms. The molecule has 3 rings (SSSR count). The zero-order valence-electron chi connectivity index (χ0n) is 16.4. The van der Waals surface area contributed by atoms with E-state index in [9.17, 15) is 4.79 Å². The third kappa shape index (κ3) is 4.06. The Morgan fingerprint density at radius 2 is 2.00 bits per heavy atom. The second-order valence-electron chi connectivity index (χ2n) is 6.39. The summed E-state index contributed by atoms with van der Waals surface area (Å²) in [4.78, 5) is 13.1. The molecule has 0 bridgehead atoms. The molecule has 0 atom stereocenters. The molecule has 0 saturated carbocycles. The smallest absolute Gasteiger partial charge is 0.231 e. The summed E-state index contributed by atoms with van der Waals surface area (Å²) in [7, 11) is 1.57. The Bertz CT molecular complexity index is 904. The van der Waals surface area contributed by atoms with Crippen LogP contribution < -0.4 is 24.7 Å². The van der Waals surface area contributed by atoms with E-state index in [4.69, 9.17) is 24.7 Å². The van der Waals surface area contributed by atoms with Crippen molar-refractivity contribution in [2.45, 2.75) is 26.7 Å². The maximum atomic E-state index is 13.1. The molecule has 0 aliphatic carbocycles. The fourth-order valence-corrected chi connectivity index (χ4v) is 3.12. The number of carbonyl (C=O) groups is 1. The summed E-state index contributed by atoms with van der Waals surface area (Å²) in [6, 6.07) is 8.83. The van der Waals surface area contributed by atoms with Crippen LogP contribution in [0.15, 0.2) is 35.9 Å². The number of fused-ring (bicyclic) bond motifs is 1. The van der Waals surface area contributed by atoms with Gasteiger partial charge in [-0.1, -0.05) is 13.3 Å². The summed E-state index contributed by atoms with van der Waals surface area (Å²) in [5.74, 6) is 2.30. The third-order valence-electron chi connectivity index (χ3n) is 4.40. The Hall–Kier alpha value is -3.15. The molecule has 1 aliphatic heterocycles. The first kappa shape index (κ1) is 19.6. The number of anilines is 1. The number of rotatable bonds is 8. The second-order valence-corrected chi connectivity index (χ2v) is 6.39. The van der Waals surface area contributed by atoms with Gasteiger partial charge in [0, 0.05) is 11.1 Å². The van der Waals surface area contributed by atoms with Crippen molar-refractivity contribution < 1.29 is 23.7 Å². The van der Waals surface area contributed by atoms with Crippen LogP contribution in [-0.4, -0.2) is 26.3 Å². The van der Waals surface area contributed by atoms with Crippen LogP contribution in [0.5, 0.6) is 23.0 Å². The van der Waals surface area contributed by atoms with Crippen molar-refractivity contribution in [3.8, 4) is 23.0 Å². The van der Waals surface area contributed by atoms with Gasteiger partial charge >= 0.3 is 0 Å². The molecule has 1 heterocycles. The minimum Gasteiger partial charge on any atom is -0.493 e. The highest BCUT2D eigenvalue weighted by Crippen LogP contribution is 2.42. The maximum Gasteiger partial charge on any atom is 0.231 e. The van der Waals surface area contributed by atoms with Crippen LogP contribution in [-0.2, 0) is 0 Å². The van der Waals surface area contributed by atoms with Crippen molar-refractivity contribution in [2.75, 3.05) is 26.2 Å². The number of nitrogen functional groups attached to an aromatic ring is 1. The number of hydrogen-bond donors (Lipinski definition) is 1. The molecule has 0 unspecified atom stereocenters. The number of ether oxygens (including phenoxy) is 4. The van der Waals surface area contributed by atoms with Crippen molar-refractivity contribution in [3.63, 3.8) is 0 Å². The molecule has 6 nitrogen and oxygen atoms in total. The number of allylic oxidation sites excluding steroid dienone is 1. The Balaban J connectivity index is 1.95. The second kappa shape index (κ2) is 8.69. The minimum atomic E-state index is -0.0618. The Kier molecular flexibility index (Phi) is 6.09. The number of methoxy groups -OCH3 is 1. The average molecular weight is 383 g/mol. The van der Waals surface area contributed by atoms with Crippen LogP contribution in [0.1, 0.15) is 42.6 Å². The number of Topliss-reactive ketones (excluding diaryl/α,β-unsaturated/α-hetero) is 1. The summed E-state index contributed by atoms with van der Waals surface area (Å²) in [5.41, 5.74) is 8.52. The van der Waals surface area contributed by atoms with Gasteiger partial charge in [0.15, 0.2) is 17.3 Å². The summed E-state index contributed by atoms with van der Waals surface area (Å²) in [6.07, 6.45) is 3.34. The van der Waals surface area contributed by atoms with E-state index >= 15 is 0 Å². The van der Waals surface area contributed by atoms with Crippen molar-refractivity contribution in [1.29, 1.82) is 0 Å². The van der Waals surface area contributed by atoms with Crippen LogP contribution in [0.2, 0.25) is 0 Å². The molecule has 0 amide bonds. The lowest BCUT2D eigenvalue weighted by molar-refractivity contribution is 0.103. The largest absolute Gasteiger partial charge is 0.493 e. The molecule has 0 saturated heterocycles. The molecule has 2 aromatic carbocycles. The molecule has 148 valence electrons. The predicted octanol–water partition coefficient (Wildman–Crippen LogP) is 4.47. The fourth-order valence-electron chi connectivity index (χ4n) is 3.12. The molecule has 6 heteroatoms. The first-order valence-electron chi connectivity index (χ1n) is 9.32. The van der Waals surface area contributed by atoms with E-state index in [0.29, 0.717) is 52.8 Å². The molecule has 1 aliphatic rings. The maximum absolute atomic E-state index is 13.1. The number of ketones is 1. The first-order chi connectivity index (χ1) is 13.6. The van der Waals surface area contributed by atoms with Crippen molar-refractivity contribution >= 4 is 17.5 Å². The summed E-state index contributed by atoms with van der Waals surface area (Å²) in [5, 5.41) is 0. The Morgan fingerprint density at radius 1 is 1.18 bits per heavy atom. The third-order valence-corrected chi connectivity index (χ3v) is 4.40. The van der Waals surface area contributed by atoms with Crippen molar-refractivity contribution in [2.24, 2.45) is 0 Å². The molecular formula is C22H25NO5. The van der Waals surface area contributed by atoms with Gasteiger partial charge in [0.25, 0.3) is 0 Å². The SMILES string of the molecule is CCCC(=Cc1cc(OC)c2c(c1)OCO2)C(=O)c1ccc(OCC)c(N)c1. The predicted molar refractivity (Wildman–Crippen MR) is 108 cm³/mol. The van der Waals surface area contributed by atoms with E-state index in [2.05, 4.69) is 0 Å². The van der Waals surface area contributed by atoms with Crippen LogP contribution in [0.3, 0.4) is 0 Å². The van der Waals surface area contributed by atoms with E-state index in [1.165, 1.54) is 0 Å². The van der Waals surface area contributed by atoms with Gasteiger partial charge in [-0.2, -0.15) is 0 Å². The lowest BCUT2D eigenvalue weighted by atomic mass is 9.96. The summed E-state index contributed by atoms with van der Waals surface area (Å²) < 4.78 is 21.7. The topological polar surface area (TPSA) is 80.0 Å². The van der Waals surface area contributed by atoms with Crippen LogP contribution >= 0.6 is 0 Å². The van der Waals surface area contributed by atoms with Gasteiger partial charge in [0.05, 0.1) is 19.4 Å². The minimum absolute atomic E-state index is 0.0618. The Labute approximate surface area is 164 Å². The molecule has 0 aromatic heterocycles. The average Bonchev–Trinajstić information content (AvgIpc) is 3.16. The zero-order valence-corrected chi connectivity index (χ0v) is 16.4. The van der Waals surface area contributed by atoms with Crippen LogP contribution in [0.4, 0.5) is 5.69 Å². The van der Waals surface area contributed by atoms with Gasteiger partial charge in [0.2, 0.25) is 12.5 Å². The summed E-state index contributed by atoms with van der Waals surface area (Å²) in [6.45, 7) is 4.60. The van der Waals surface area contributed by atoms with Crippen molar-refractivity contribution in [1.82, 2.24) is 0 Å². The molecule has 28 heavy (non-hydrogen) atoms. The number of benzene rings is 2. The van der Waals surface area contributed by atoms with Gasteiger partial charge < -0.3 is 24.7 Å². The molecule has 2 aromatic rings. The van der Waals surface area contributed by atoms with Crippen molar-refractivity contribution in [3.05, 3.63) is 47.0 Å². The van der Waals surface area contributed by atoms with Gasteiger partial charge in [-0.25, -0.2) is 0 Å². The highest BCUT2D eigenvalue weighted by atomic mass is 16.7. The van der Waals surface area contributed by atoms with E-state index < -0.39 is 0 Å².